The molecule has 0 N–H and O–H groups in total. The van der Waals surface area contributed by atoms with Gasteiger partial charge in [-0.05, 0) is 24.5 Å². The molecule has 0 atom stereocenters. The van der Waals surface area contributed by atoms with Crippen LogP contribution in [-0.2, 0) is 6.42 Å². The molecule has 0 amide bonds. The number of unbranched alkanes of at least 4 members (excludes halogenated alkanes) is 5. The van der Waals surface area contributed by atoms with Crippen LogP contribution in [0.2, 0.25) is 0 Å². The van der Waals surface area contributed by atoms with E-state index < -0.39 is 0 Å². The van der Waals surface area contributed by atoms with E-state index in [9.17, 15) is 0 Å². The molecule has 0 fully saturated rings. The Bertz CT molecular complexity index is 218. The Morgan fingerprint density at radius 2 is 1.80 bits per heavy atom. The van der Waals surface area contributed by atoms with Crippen molar-refractivity contribution in [3.05, 3.63) is 35.9 Å². The molecule has 0 aliphatic carbocycles. The maximum absolute atomic E-state index is 3.12. The van der Waals surface area contributed by atoms with Crippen LogP contribution in [0.1, 0.15) is 51.0 Å². The first kappa shape index (κ1) is 15.0. The van der Waals surface area contributed by atoms with Crippen molar-refractivity contribution in [1.82, 2.24) is 0 Å². The second kappa shape index (κ2) is 10.5. The number of aryl methyl sites for hydroxylation is 1. The quantitative estimate of drug-likeness (QED) is 0.483. The van der Waals surface area contributed by atoms with Crippen molar-refractivity contribution >= 4 is 23.1 Å². The highest BCUT2D eigenvalue weighted by atomic mass is 24.3. The fourth-order valence-corrected chi connectivity index (χ4v) is 1.70. The Labute approximate surface area is 111 Å². The zero-order valence-corrected chi connectivity index (χ0v) is 9.26. The van der Waals surface area contributed by atoms with Gasteiger partial charge in [0, 0.05) is 0 Å². The van der Waals surface area contributed by atoms with Gasteiger partial charge in [-0.15, -0.1) is 0 Å². The highest BCUT2D eigenvalue weighted by molar-refractivity contribution is 5.75. The van der Waals surface area contributed by atoms with Crippen LogP contribution in [0, 0.1) is 6.07 Å². The fraction of sp³-hybridized carbons (Fsp3) is 0.571. The Kier molecular flexibility index (Phi) is 10.5. The standard InChI is InChI=1S/C14H21.Mg.2H/c1-2-3-4-5-6-8-11-14-12-9-7-10-13-14;;;/h7,9,12-13H,2-6,8,11H2,1H3;;;. The van der Waals surface area contributed by atoms with E-state index in [0.717, 1.165) is 0 Å². The van der Waals surface area contributed by atoms with E-state index in [1.165, 1.54) is 50.5 Å². The van der Waals surface area contributed by atoms with Gasteiger partial charge >= 0.3 is 23.1 Å². The minimum Gasteiger partial charge on any atom is -0.0654 e. The summed E-state index contributed by atoms with van der Waals surface area (Å²) in [6.07, 6.45) is 9.51. The van der Waals surface area contributed by atoms with Crippen LogP contribution in [-0.4, -0.2) is 23.1 Å². The van der Waals surface area contributed by atoms with Crippen LogP contribution >= 0.6 is 0 Å². The van der Waals surface area contributed by atoms with Crippen LogP contribution < -0.4 is 0 Å². The zero-order valence-electron chi connectivity index (χ0n) is 9.26. The normalized spacial score (nSPS) is 9.67. The summed E-state index contributed by atoms with van der Waals surface area (Å²) in [5, 5.41) is 0. The largest absolute Gasteiger partial charge is 0.316 e. The lowest BCUT2D eigenvalue weighted by Gasteiger charge is -2.01. The molecule has 0 saturated heterocycles. The molecule has 0 nitrogen and oxygen atoms in total. The van der Waals surface area contributed by atoms with Crippen molar-refractivity contribution in [2.24, 2.45) is 0 Å². The fourth-order valence-electron chi connectivity index (χ4n) is 1.70. The van der Waals surface area contributed by atoms with Gasteiger partial charge in [-0.1, -0.05) is 63.3 Å². The summed E-state index contributed by atoms with van der Waals surface area (Å²) in [4.78, 5) is 0. The maximum Gasteiger partial charge on any atom is 0.316 e. The molecule has 1 radical (unpaired) electrons. The number of benzene rings is 1. The highest BCUT2D eigenvalue weighted by Crippen LogP contribution is 2.09. The van der Waals surface area contributed by atoms with Gasteiger partial charge in [0.15, 0.2) is 0 Å². The summed E-state index contributed by atoms with van der Waals surface area (Å²) in [7, 11) is 0. The van der Waals surface area contributed by atoms with Crippen LogP contribution in [0.25, 0.3) is 0 Å². The Hall–Kier alpha value is -0.0138. The summed E-state index contributed by atoms with van der Waals surface area (Å²) < 4.78 is 0. The van der Waals surface area contributed by atoms with E-state index in [2.05, 4.69) is 31.2 Å². The predicted molar refractivity (Wildman–Crippen MR) is 70.9 cm³/mol. The van der Waals surface area contributed by atoms with E-state index >= 15 is 0 Å². The van der Waals surface area contributed by atoms with Crippen molar-refractivity contribution in [2.75, 3.05) is 0 Å². The van der Waals surface area contributed by atoms with E-state index in [0.29, 0.717) is 0 Å². The van der Waals surface area contributed by atoms with Gasteiger partial charge in [-0.3, -0.25) is 0 Å². The number of hydrogen-bond acceptors (Lipinski definition) is 0. The molecular weight excluding hydrogens is 192 g/mol. The molecule has 1 rings (SSSR count). The molecule has 0 spiro atoms. The smallest absolute Gasteiger partial charge is 0.0654 e. The topological polar surface area (TPSA) is 0 Å². The van der Waals surface area contributed by atoms with Gasteiger partial charge in [0.1, 0.15) is 0 Å². The first-order chi connectivity index (χ1) is 6.93. The van der Waals surface area contributed by atoms with Crippen LogP contribution in [0.4, 0.5) is 0 Å². The average molecular weight is 216 g/mol. The molecule has 1 aromatic rings. The second-order valence-corrected chi connectivity index (χ2v) is 3.93. The minimum absolute atomic E-state index is 0. The van der Waals surface area contributed by atoms with Crippen molar-refractivity contribution in [3.63, 3.8) is 0 Å². The van der Waals surface area contributed by atoms with Crippen molar-refractivity contribution < 1.29 is 0 Å². The minimum atomic E-state index is 0. The molecule has 1 heteroatoms. The van der Waals surface area contributed by atoms with E-state index in [4.69, 9.17) is 0 Å². The monoisotopic (exact) mass is 215 g/mol. The van der Waals surface area contributed by atoms with Crippen molar-refractivity contribution in [3.8, 4) is 0 Å². The van der Waals surface area contributed by atoms with Gasteiger partial charge in [0.05, 0.1) is 0 Å². The van der Waals surface area contributed by atoms with Crippen LogP contribution in [0.15, 0.2) is 24.3 Å². The third-order valence-corrected chi connectivity index (χ3v) is 2.59. The molecule has 0 bridgehead atoms. The lowest BCUT2D eigenvalue weighted by atomic mass is 10.1. The lowest BCUT2D eigenvalue weighted by molar-refractivity contribution is 0.607. The summed E-state index contributed by atoms with van der Waals surface area (Å²) in [6, 6.07) is 11.5. The molecular formula is C14H23Mg. The first-order valence-corrected chi connectivity index (χ1v) is 5.88. The predicted octanol–water partition coefficient (Wildman–Crippen LogP) is 3.47. The third kappa shape index (κ3) is 7.86. The molecule has 15 heavy (non-hydrogen) atoms. The Balaban J connectivity index is 0.00000196. The second-order valence-electron chi connectivity index (χ2n) is 3.93. The summed E-state index contributed by atoms with van der Waals surface area (Å²) in [5.41, 5.74) is 1.43. The summed E-state index contributed by atoms with van der Waals surface area (Å²) >= 11 is 0. The molecule has 81 valence electrons. The molecule has 0 aliphatic rings. The third-order valence-electron chi connectivity index (χ3n) is 2.59. The van der Waals surface area contributed by atoms with Crippen molar-refractivity contribution in [1.29, 1.82) is 0 Å². The summed E-state index contributed by atoms with van der Waals surface area (Å²) in [5.74, 6) is 0. The van der Waals surface area contributed by atoms with Crippen molar-refractivity contribution in [2.45, 2.75) is 51.9 Å². The average Bonchev–Trinajstić information content (AvgIpc) is 2.25. The molecule has 0 heterocycles. The Morgan fingerprint density at radius 3 is 2.47 bits per heavy atom. The molecule has 0 aromatic heterocycles. The molecule has 0 saturated carbocycles. The SMILES string of the molecule is CCCCCCCCc1c[c]ccc1.[MgH2]. The van der Waals surface area contributed by atoms with Gasteiger partial charge in [-0.25, -0.2) is 0 Å². The lowest BCUT2D eigenvalue weighted by Crippen LogP contribution is -1.85. The van der Waals surface area contributed by atoms with Gasteiger partial charge in [0.25, 0.3) is 0 Å². The van der Waals surface area contributed by atoms with Gasteiger partial charge in [-0.2, -0.15) is 0 Å². The first-order valence-electron chi connectivity index (χ1n) is 5.88. The summed E-state index contributed by atoms with van der Waals surface area (Å²) in [6.45, 7) is 2.26. The van der Waals surface area contributed by atoms with Gasteiger partial charge < -0.3 is 0 Å². The zero-order chi connectivity index (χ0) is 10.1. The number of rotatable bonds is 7. The van der Waals surface area contributed by atoms with Gasteiger partial charge in [0.2, 0.25) is 0 Å². The molecule has 0 unspecified atom stereocenters. The van der Waals surface area contributed by atoms with Crippen LogP contribution in [0.3, 0.4) is 0 Å². The molecule has 0 aliphatic heterocycles. The highest BCUT2D eigenvalue weighted by Gasteiger charge is 1.92. The van der Waals surface area contributed by atoms with E-state index in [1.807, 2.05) is 6.07 Å². The number of hydrogen-bond donors (Lipinski definition) is 0. The van der Waals surface area contributed by atoms with Crippen LogP contribution in [0.5, 0.6) is 0 Å². The van der Waals surface area contributed by atoms with E-state index in [1.54, 1.807) is 0 Å². The maximum atomic E-state index is 3.12. The Morgan fingerprint density at radius 1 is 1.07 bits per heavy atom. The van der Waals surface area contributed by atoms with E-state index in [-0.39, 0.29) is 23.1 Å². The molecule has 1 aromatic carbocycles.